The number of nitrogens with one attached hydrogen (secondary N) is 1. The molecule has 154 valence electrons. The van der Waals surface area contributed by atoms with Gasteiger partial charge in [0.25, 0.3) is 0 Å². The fourth-order valence-electron chi connectivity index (χ4n) is 3.74. The third-order valence-corrected chi connectivity index (χ3v) is 5.56. The summed E-state index contributed by atoms with van der Waals surface area (Å²) in [6, 6.07) is 11.9. The van der Waals surface area contributed by atoms with Gasteiger partial charge in [0.2, 0.25) is 5.91 Å². The van der Waals surface area contributed by atoms with Gasteiger partial charge in [0, 0.05) is 18.1 Å². The monoisotopic (exact) mass is 418 g/mol. The number of ether oxygens (including phenoxy) is 2. The zero-order valence-corrected chi connectivity index (χ0v) is 16.8. The number of carbonyl (C=O) groups is 1. The van der Waals surface area contributed by atoms with Crippen LogP contribution in [0.15, 0.2) is 42.5 Å². The smallest absolute Gasteiger partial charge is 0.226 e. The summed E-state index contributed by atoms with van der Waals surface area (Å²) in [7, 11) is 0. The van der Waals surface area contributed by atoms with Crippen LogP contribution in [0.3, 0.4) is 0 Å². The minimum Gasteiger partial charge on any atom is -0.486 e. The van der Waals surface area contributed by atoms with Crippen LogP contribution < -0.4 is 10.1 Å². The quantitative estimate of drug-likeness (QED) is 0.818. The highest BCUT2D eigenvalue weighted by atomic mass is 35.5. The number of fused-ring (bicyclic) bond motifs is 1. The van der Waals surface area contributed by atoms with Gasteiger partial charge in [0.15, 0.2) is 0 Å². The highest BCUT2D eigenvalue weighted by Crippen LogP contribution is 2.32. The van der Waals surface area contributed by atoms with E-state index in [9.17, 15) is 9.18 Å². The van der Waals surface area contributed by atoms with Gasteiger partial charge in [-0.05, 0) is 48.7 Å². The lowest BCUT2D eigenvalue weighted by Gasteiger charge is -2.29. The van der Waals surface area contributed by atoms with Gasteiger partial charge < -0.3 is 19.7 Å². The number of carbonyl (C=O) groups excluding carboxylic acids is 1. The van der Waals surface area contributed by atoms with Gasteiger partial charge in [0.1, 0.15) is 17.7 Å². The SMILES string of the molecule is O=C(CC1CNc2cc(Cl)ccc2O1)N1CCOC(Cc2ccc(F)cc2)CC1. The number of anilines is 1. The van der Waals surface area contributed by atoms with Gasteiger partial charge in [0.05, 0.1) is 31.4 Å². The van der Waals surface area contributed by atoms with Crippen molar-refractivity contribution in [1.29, 1.82) is 0 Å². The summed E-state index contributed by atoms with van der Waals surface area (Å²) in [6.07, 6.45) is 1.61. The van der Waals surface area contributed by atoms with Crippen LogP contribution in [0.2, 0.25) is 5.02 Å². The molecule has 0 spiro atoms. The second-order valence-corrected chi connectivity index (χ2v) is 7.89. The van der Waals surface area contributed by atoms with Crippen molar-refractivity contribution in [2.45, 2.75) is 31.5 Å². The van der Waals surface area contributed by atoms with Crippen molar-refractivity contribution in [2.24, 2.45) is 0 Å². The number of hydrogen-bond acceptors (Lipinski definition) is 4. The number of nitrogens with zero attached hydrogens (tertiary/aromatic N) is 1. The lowest BCUT2D eigenvalue weighted by atomic mass is 10.1. The average molecular weight is 419 g/mol. The second kappa shape index (κ2) is 9.01. The van der Waals surface area contributed by atoms with Crippen molar-refractivity contribution in [2.75, 3.05) is 31.6 Å². The van der Waals surface area contributed by atoms with Crippen molar-refractivity contribution < 1.29 is 18.7 Å². The molecule has 0 aliphatic carbocycles. The van der Waals surface area contributed by atoms with E-state index in [0.717, 1.165) is 29.8 Å². The number of benzene rings is 2. The molecule has 4 rings (SSSR count). The molecule has 1 N–H and O–H groups in total. The van der Waals surface area contributed by atoms with Crippen LogP contribution in [0.25, 0.3) is 0 Å². The topological polar surface area (TPSA) is 50.8 Å². The Hall–Kier alpha value is -2.31. The fourth-order valence-corrected chi connectivity index (χ4v) is 3.92. The first-order valence-electron chi connectivity index (χ1n) is 9.91. The lowest BCUT2D eigenvalue weighted by molar-refractivity contribution is -0.132. The Morgan fingerprint density at radius 1 is 1.17 bits per heavy atom. The highest BCUT2D eigenvalue weighted by Gasteiger charge is 2.26. The zero-order valence-electron chi connectivity index (χ0n) is 16.1. The maximum absolute atomic E-state index is 13.1. The molecule has 0 radical (unpaired) electrons. The van der Waals surface area contributed by atoms with Crippen LogP contribution in [0.1, 0.15) is 18.4 Å². The Labute approximate surface area is 174 Å². The van der Waals surface area contributed by atoms with E-state index in [1.165, 1.54) is 12.1 Å². The Kier molecular flexibility index (Phi) is 6.21. The van der Waals surface area contributed by atoms with Crippen molar-refractivity contribution in [3.05, 3.63) is 58.9 Å². The van der Waals surface area contributed by atoms with Crippen molar-refractivity contribution in [3.8, 4) is 5.75 Å². The molecule has 0 saturated carbocycles. The predicted molar refractivity (Wildman–Crippen MR) is 110 cm³/mol. The zero-order chi connectivity index (χ0) is 20.2. The van der Waals surface area contributed by atoms with Crippen molar-refractivity contribution in [3.63, 3.8) is 0 Å². The maximum Gasteiger partial charge on any atom is 0.226 e. The molecule has 2 aromatic rings. The molecule has 2 aliphatic heterocycles. The molecule has 0 aromatic heterocycles. The molecule has 1 fully saturated rings. The van der Waals surface area contributed by atoms with Gasteiger partial charge in [-0.15, -0.1) is 0 Å². The van der Waals surface area contributed by atoms with E-state index in [1.807, 2.05) is 17.0 Å². The molecule has 2 atom stereocenters. The molecule has 2 heterocycles. The van der Waals surface area contributed by atoms with E-state index in [1.54, 1.807) is 18.2 Å². The molecule has 29 heavy (non-hydrogen) atoms. The first-order valence-corrected chi connectivity index (χ1v) is 10.3. The summed E-state index contributed by atoms with van der Waals surface area (Å²) in [5.41, 5.74) is 1.89. The van der Waals surface area contributed by atoms with Crippen molar-refractivity contribution >= 4 is 23.2 Å². The average Bonchev–Trinajstić information content (AvgIpc) is 2.95. The first kappa shape index (κ1) is 20.0. The number of hydrogen-bond donors (Lipinski definition) is 1. The minimum absolute atomic E-state index is 0.0301. The molecule has 2 aliphatic rings. The Morgan fingerprint density at radius 3 is 2.83 bits per heavy atom. The normalized spacial score (nSPS) is 21.5. The number of amides is 1. The predicted octanol–water partition coefficient (Wildman–Crippen LogP) is 3.90. The second-order valence-electron chi connectivity index (χ2n) is 7.46. The van der Waals surface area contributed by atoms with Gasteiger partial charge in [-0.25, -0.2) is 4.39 Å². The molecule has 2 aromatic carbocycles. The summed E-state index contributed by atoms with van der Waals surface area (Å²) in [4.78, 5) is 14.6. The minimum atomic E-state index is -0.238. The van der Waals surface area contributed by atoms with E-state index >= 15 is 0 Å². The van der Waals surface area contributed by atoms with Crippen LogP contribution >= 0.6 is 11.6 Å². The van der Waals surface area contributed by atoms with Gasteiger partial charge in [-0.3, -0.25) is 4.79 Å². The van der Waals surface area contributed by atoms with Crippen LogP contribution in [-0.2, 0) is 16.0 Å². The van der Waals surface area contributed by atoms with E-state index in [4.69, 9.17) is 21.1 Å². The van der Waals surface area contributed by atoms with Gasteiger partial charge in [-0.2, -0.15) is 0 Å². The molecule has 7 heteroatoms. The summed E-state index contributed by atoms with van der Waals surface area (Å²) in [5.74, 6) is 0.551. The molecular formula is C22H24ClFN2O3. The molecule has 2 unspecified atom stereocenters. The molecule has 1 amide bonds. The molecular weight excluding hydrogens is 395 g/mol. The van der Waals surface area contributed by atoms with Gasteiger partial charge in [-0.1, -0.05) is 23.7 Å². The third kappa shape index (κ3) is 5.19. The van der Waals surface area contributed by atoms with Crippen LogP contribution in [0, 0.1) is 5.82 Å². The Bertz CT molecular complexity index is 862. The standard InChI is InChI=1S/C22H24ClFN2O3/c23-16-3-6-21-20(12-16)25-14-19(29-21)13-22(27)26-8-7-18(28-10-9-26)11-15-1-4-17(24)5-2-15/h1-6,12,18-19,25H,7-11,13-14H2. The Balaban J connectivity index is 1.28. The van der Waals surface area contributed by atoms with Crippen molar-refractivity contribution in [1.82, 2.24) is 4.90 Å². The Morgan fingerprint density at radius 2 is 2.00 bits per heavy atom. The summed E-state index contributed by atoms with van der Waals surface area (Å²) >= 11 is 6.00. The highest BCUT2D eigenvalue weighted by molar-refractivity contribution is 6.30. The molecule has 5 nitrogen and oxygen atoms in total. The summed E-state index contributed by atoms with van der Waals surface area (Å²) < 4.78 is 24.9. The first-order chi connectivity index (χ1) is 14.1. The van der Waals surface area contributed by atoms with E-state index < -0.39 is 0 Å². The summed E-state index contributed by atoms with van der Waals surface area (Å²) in [5, 5.41) is 3.93. The van der Waals surface area contributed by atoms with E-state index in [0.29, 0.717) is 37.7 Å². The number of rotatable bonds is 4. The maximum atomic E-state index is 13.1. The van der Waals surface area contributed by atoms with Gasteiger partial charge >= 0.3 is 0 Å². The van der Waals surface area contributed by atoms with Crippen LogP contribution in [0.5, 0.6) is 5.75 Å². The lowest BCUT2D eigenvalue weighted by Crippen LogP contribution is -2.40. The molecule has 1 saturated heterocycles. The van der Waals surface area contributed by atoms with Crippen LogP contribution in [-0.4, -0.2) is 49.3 Å². The number of halogens is 2. The summed E-state index contributed by atoms with van der Waals surface area (Å²) in [6.45, 7) is 2.29. The van der Waals surface area contributed by atoms with Crippen LogP contribution in [0.4, 0.5) is 10.1 Å². The van der Waals surface area contributed by atoms with E-state index in [-0.39, 0.29) is 23.9 Å². The third-order valence-electron chi connectivity index (χ3n) is 5.32. The molecule has 0 bridgehead atoms. The fraction of sp³-hybridized carbons (Fsp3) is 0.409. The largest absolute Gasteiger partial charge is 0.486 e. The van der Waals surface area contributed by atoms with E-state index in [2.05, 4.69) is 5.32 Å².